The normalized spacial score (nSPS) is 39.2. The first-order valence-electron chi connectivity index (χ1n) is 5.23. The Morgan fingerprint density at radius 1 is 1.38 bits per heavy atom. The molecule has 1 saturated heterocycles. The van der Waals surface area contributed by atoms with E-state index in [0.29, 0.717) is 5.92 Å². The molecule has 2 rings (SSSR count). The first kappa shape index (κ1) is 9.22. The Morgan fingerprint density at radius 3 is 2.77 bits per heavy atom. The van der Waals surface area contributed by atoms with Crippen LogP contribution in [0.4, 0.5) is 0 Å². The molecule has 2 heterocycles. The summed E-state index contributed by atoms with van der Waals surface area (Å²) in [6.07, 6.45) is 7.91. The lowest BCUT2D eigenvalue weighted by Crippen LogP contribution is -2.37. The Labute approximate surface area is 79.9 Å². The minimum atomic E-state index is -0.354. The van der Waals surface area contributed by atoms with Gasteiger partial charge in [0.05, 0.1) is 12.7 Å². The fraction of sp³-hybridized carbons (Fsp3) is 0.818. The molecular formula is C11H18O2. The minimum Gasteiger partial charge on any atom is -0.346 e. The van der Waals surface area contributed by atoms with Gasteiger partial charge in [-0.05, 0) is 24.8 Å². The highest BCUT2D eigenvalue weighted by molar-refractivity contribution is 5.08. The quantitative estimate of drug-likeness (QED) is 0.580. The van der Waals surface area contributed by atoms with E-state index < -0.39 is 0 Å². The maximum atomic E-state index is 5.92. The number of rotatable bonds is 1. The highest BCUT2D eigenvalue weighted by Crippen LogP contribution is 2.35. The minimum absolute atomic E-state index is 0.248. The van der Waals surface area contributed by atoms with Gasteiger partial charge in [0.2, 0.25) is 0 Å². The Balaban J connectivity index is 2.00. The molecule has 0 aromatic heterocycles. The summed E-state index contributed by atoms with van der Waals surface area (Å²) in [5, 5.41) is 0. The van der Waals surface area contributed by atoms with Crippen molar-refractivity contribution < 1.29 is 9.47 Å². The van der Waals surface area contributed by atoms with Gasteiger partial charge < -0.3 is 9.47 Å². The SMILES string of the molecule is CC(C)[C@H]1C=C[C@@]2(CCCCO2)O1. The zero-order valence-electron chi connectivity index (χ0n) is 8.45. The van der Waals surface area contributed by atoms with Gasteiger partial charge in [-0.2, -0.15) is 0 Å². The van der Waals surface area contributed by atoms with E-state index in [1.165, 1.54) is 12.8 Å². The summed E-state index contributed by atoms with van der Waals surface area (Å²) >= 11 is 0. The van der Waals surface area contributed by atoms with Crippen LogP contribution in [-0.4, -0.2) is 18.5 Å². The van der Waals surface area contributed by atoms with E-state index in [-0.39, 0.29) is 11.9 Å². The van der Waals surface area contributed by atoms with Gasteiger partial charge in [0.25, 0.3) is 0 Å². The second kappa shape index (κ2) is 3.43. The van der Waals surface area contributed by atoms with Gasteiger partial charge in [0.15, 0.2) is 5.79 Å². The van der Waals surface area contributed by atoms with E-state index in [0.717, 1.165) is 13.0 Å². The summed E-state index contributed by atoms with van der Waals surface area (Å²) in [5.74, 6) is 0.189. The van der Waals surface area contributed by atoms with Crippen molar-refractivity contribution in [3.8, 4) is 0 Å². The lowest BCUT2D eigenvalue weighted by molar-refractivity contribution is -0.231. The maximum absolute atomic E-state index is 5.92. The molecule has 74 valence electrons. The van der Waals surface area contributed by atoms with Gasteiger partial charge in [-0.1, -0.05) is 19.9 Å². The molecule has 0 saturated carbocycles. The van der Waals surface area contributed by atoms with Crippen LogP contribution in [0.5, 0.6) is 0 Å². The summed E-state index contributed by atoms with van der Waals surface area (Å²) in [4.78, 5) is 0. The van der Waals surface area contributed by atoms with E-state index in [1.807, 2.05) is 0 Å². The van der Waals surface area contributed by atoms with Crippen molar-refractivity contribution in [2.75, 3.05) is 6.61 Å². The summed E-state index contributed by atoms with van der Waals surface area (Å²) in [7, 11) is 0. The molecule has 0 aromatic rings. The highest BCUT2D eigenvalue weighted by Gasteiger charge is 2.38. The second-order valence-electron chi connectivity index (χ2n) is 4.30. The maximum Gasteiger partial charge on any atom is 0.188 e. The van der Waals surface area contributed by atoms with Gasteiger partial charge in [0, 0.05) is 6.42 Å². The van der Waals surface area contributed by atoms with Crippen LogP contribution in [0.25, 0.3) is 0 Å². The molecule has 2 nitrogen and oxygen atoms in total. The standard InChI is InChI=1S/C11H18O2/c1-9(2)10-5-7-11(13-10)6-3-4-8-12-11/h5,7,9-10H,3-4,6,8H2,1-2H3/t10-,11-/m1/s1. The second-order valence-corrected chi connectivity index (χ2v) is 4.30. The first-order chi connectivity index (χ1) is 6.22. The number of ether oxygens (including phenoxy) is 2. The molecule has 0 unspecified atom stereocenters. The fourth-order valence-electron chi connectivity index (χ4n) is 1.92. The summed E-state index contributed by atoms with van der Waals surface area (Å²) in [6, 6.07) is 0. The predicted molar refractivity (Wildman–Crippen MR) is 51.4 cm³/mol. The molecule has 0 bridgehead atoms. The van der Waals surface area contributed by atoms with Crippen LogP contribution < -0.4 is 0 Å². The van der Waals surface area contributed by atoms with Crippen LogP contribution >= 0.6 is 0 Å². The molecule has 0 aromatic carbocycles. The zero-order chi connectivity index (χ0) is 9.31. The smallest absolute Gasteiger partial charge is 0.188 e. The van der Waals surface area contributed by atoms with E-state index in [2.05, 4.69) is 26.0 Å². The molecule has 2 aliphatic rings. The van der Waals surface area contributed by atoms with Crippen molar-refractivity contribution >= 4 is 0 Å². The van der Waals surface area contributed by atoms with Gasteiger partial charge >= 0.3 is 0 Å². The van der Waals surface area contributed by atoms with Crippen molar-refractivity contribution in [1.82, 2.24) is 0 Å². The Morgan fingerprint density at radius 2 is 2.23 bits per heavy atom. The first-order valence-corrected chi connectivity index (χ1v) is 5.23. The third kappa shape index (κ3) is 1.79. The summed E-state index contributed by atoms with van der Waals surface area (Å²) in [5.41, 5.74) is 0. The topological polar surface area (TPSA) is 18.5 Å². The Kier molecular flexibility index (Phi) is 2.43. The molecular weight excluding hydrogens is 164 g/mol. The summed E-state index contributed by atoms with van der Waals surface area (Å²) in [6.45, 7) is 5.20. The molecule has 1 fully saturated rings. The Hall–Kier alpha value is -0.340. The predicted octanol–water partition coefficient (Wildman–Crippen LogP) is 2.49. The lowest BCUT2D eigenvalue weighted by atomic mass is 10.1. The summed E-state index contributed by atoms with van der Waals surface area (Å²) < 4.78 is 11.6. The third-order valence-electron chi connectivity index (χ3n) is 2.80. The van der Waals surface area contributed by atoms with Gasteiger partial charge in [-0.3, -0.25) is 0 Å². The third-order valence-corrected chi connectivity index (χ3v) is 2.80. The van der Waals surface area contributed by atoms with Crippen LogP contribution in [0.2, 0.25) is 0 Å². The van der Waals surface area contributed by atoms with Crippen molar-refractivity contribution in [1.29, 1.82) is 0 Å². The van der Waals surface area contributed by atoms with Crippen LogP contribution in [0.1, 0.15) is 33.1 Å². The van der Waals surface area contributed by atoms with Crippen molar-refractivity contribution in [3.63, 3.8) is 0 Å². The largest absolute Gasteiger partial charge is 0.346 e. The van der Waals surface area contributed by atoms with Crippen molar-refractivity contribution in [2.45, 2.75) is 45.0 Å². The monoisotopic (exact) mass is 182 g/mol. The van der Waals surface area contributed by atoms with Crippen molar-refractivity contribution in [2.24, 2.45) is 5.92 Å². The zero-order valence-corrected chi connectivity index (χ0v) is 8.45. The Bertz CT molecular complexity index is 202. The average molecular weight is 182 g/mol. The van der Waals surface area contributed by atoms with Gasteiger partial charge in [-0.25, -0.2) is 0 Å². The number of hydrogen-bond donors (Lipinski definition) is 0. The van der Waals surface area contributed by atoms with Gasteiger partial charge in [-0.15, -0.1) is 0 Å². The molecule has 1 spiro atoms. The highest BCUT2D eigenvalue weighted by atomic mass is 16.7. The average Bonchev–Trinajstić information content (AvgIpc) is 2.51. The molecule has 0 amide bonds. The fourth-order valence-corrected chi connectivity index (χ4v) is 1.92. The van der Waals surface area contributed by atoms with Crippen LogP contribution in [0, 0.1) is 5.92 Å². The molecule has 13 heavy (non-hydrogen) atoms. The van der Waals surface area contributed by atoms with Crippen LogP contribution in [0.3, 0.4) is 0 Å². The molecule has 0 radical (unpaired) electrons. The van der Waals surface area contributed by atoms with Crippen LogP contribution in [-0.2, 0) is 9.47 Å². The van der Waals surface area contributed by atoms with Crippen molar-refractivity contribution in [3.05, 3.63) is 12.2 Å². The lowest BCUT2D eigenvalue weighted by Gasteiger charge is -2.33. The molecule has 0 N–H and O–H groups in total. The van der Waals surface area contributed by atoms with E-state index >= 15 is 0 Å². The molecule has 2 aliphatic heterocycles. The molecule has 2 atom stereocenters. The van der Waals surface area contributed by atoms with E-state index in [9.17, 15) is 0 Å². The van der Waals surface area contributed by atoms with Gasteiger partial charge in [0.1, 0.15) is 0 Å². The van der Waals surface area contributed by atoms with E-state index in [1.54, 1.807) is 0 Å². The molecule has 0 aliphatic carbocycles. The van der Waals surface area contributed by atoms with Crippen LogP contribution in [0.15, 0.2) is 12.2 Å². The van der Waals surface area contributed by atoms with E-state index in [4.69, 9.17) is 9.47 Å². The number of hydrogen-bond acceptors (Lipinski definition) is 2. The molecule has 2 heteroatoms.